The Labute approximate surface area is 113 Å². The molecule has 0 saturated heterocycles. The van der Waals surface area contributed by atoms with Gasteiger partial charge in [0.2, 0.25) is 0 Å². The number of benzene rings is 1. The van der Waals surface area contributed by atoms with Gasteiger partial charge >= 0.3 is 0 Å². The van der Waals surface area contributed by atoms with E-state index in [0.717, 1.165) is 34.6 Å². The van der Waals surface area contributed by atoms with Crippen molar-refractivity contribution in [1.82, 2.24) is 0 Å². The average molecular weight is 261 g/mol. The molecule has 0 aliphatic rings. The Morgan fingerprint density at radius 1 is 0.947 bits per heavy atom. The van der Waals surface area contributed by atoms with Crippen LogP contribution >= 0.6 is 0 Å². The molecule has 0 spiro atoms. The predicted octanol–water partition coefficient (Wildman–Crippen LogP) is 2.88. The van der Waals surface area contributed by atoms with Crippen LogP contribution in [0, 0.1) is 0 Å². The van der Waals surface area contributed by atoms with Gasteiger partial charge in [-0.05, 0) is 38.3 Å². The molecule has 0 radical (unpaired) electrons. The number of hydrogen-bond acceptors (Lipinski definition) is 3. The molecule has 0 aliphatic carbocycles. The first-order valence-electron chi connectivity index (χ1n) is 6.77. The monoisotopic (exact) mass is 261 g/mol. The van der Waals surface area contributed by atoms with E-state index in [1.807, 2.05) is 32.2 Å². The van der Waals surface area contributed by atoms with Crippen molar-refractivity contribution < 1.29 is 14.5 Å². The number of ether oxygens (including phenoxy) is 2. The molecule has 0 fully saturated rings. The summed E-state index contributed by atoms with van der Waals surface area (Å²) in [4.78, 5) is 3.23. The molecule has 4 heteroatoms. The number of H-pyrrole nitrogens is 1. The Morgan fingerprint density at radius 3 is 2.16 bits per heavy atom. The molecule has 0 bridgehead atoms. The van der Waals surface area contributed by atoms with Gasteiger partial charge in [0.1, 0.15) is 0 Å². The average Bonchev–Trinajstić information content (AvgIpc) is 2.40. The Kier molecular flexibility index (Phi) is 4.44. The molecule has 102 valence electrons. The summed E-state index contributed by atoms with van der Waals surface area (Å²) in [5, 5.41) is 5.49. The lowest BCUT2D eigenvalue weighted by atomic mass is 10.1. The highest BCUT2D eigenvalue weighted by Gasteiger charge is 2.09. The first-order chi connectivity index (χ1) is 9.28. The number of anilines is 1. The van der Waals surface area contributed by atoms with E-state index in [9.17, 15) is 0 Å². The van der Waals surface area contributed by atoms with Crippen molar-refractivity contribution in [1.29, 1.82) is 0 Å². The van der Waals surface area contributed by atoms with Crippen LogP contribution in [-0.4, -0.2) is 19.8 Å². The number of aromatic nitrogens is 1. The summed E-state index contributed by atoms with van der Waals surface area (Å²) in [5.74, 6) is 2.59. The maximum Gasteiger partial charge on any atom is 0.272 e. The normalized spacial score (nSPS) is 10.5. The fraction of sp³-hybridized carbons (Fsp3) is 0.400. The highest BCUT2D eigenvalue weighted by atomic mass is 16.5. The number of rotatable bonds is 6. The summed E-state index contributed by atoms with van der Waals surface area (Å²) < 4.78 is 11.3. The number of hydrogen-bond donors (Lipinski definition) is 1. The number of fused-ring (bicyclic) bond motifs is 1. The van der Waals surface area contributed by atoms with Crippen LogP contribution in [0.2, 0.25) is 0 Å². The van der Waals surface area contributed by atoms with E-state index in [4.69, 9.17) is 9.47 Å². The predicted molar refractivity (Wildman–Crippen MR) is 77.0 cm³/mol. The molecule has 2 rings (SSSR count). The zero-order valence-electron chi connectivity index (χ0n) is 11.7. The van der Waals surface area contributed by atoms with Gasteiger partial charge in [-0.25, -0.2) is 4.98 Å². The van der Waals surface area contributed by atoms with Crippen molar-refractivity contribution in [2.75, 3.05) is 25.1 Å². The molecule has 0 unspecified atom stereocenters. The van der Waals surface area contributed by atoms with Gasteiger partial charge in [0.25, 0.3) is 5.82 Å². The Hall–Kier alpha value is -1.97. The topological polar surface area (TPSA) is 44.6 Å². The fourth-order valence-corrected chi connectivity index (χ4v) is 2.02. The van der Waals surface area contributed by atoms with Gasteiger partial charge in [-0.3, -0.25) is 5.32 Å². The largest absolute Gasteiger partial charge is 0.490 e. The van der Waals surface area contributed by atoms with Crippen molar-refractivity contribution in [2.24, 2.45) is 0 Å². The molecule has 0 atom stereocenters. The molecule has 1 aromatic carbocycles. The van der Waals surface area contributed by atoms with Gasteiger partial charge in [0.05, 0.1) is 26.0 Å². The lowest BCUT2D eigenvalue weighted by Crippen LogP contribution is -2.12. The van der Waals surface area contributed by atoms with Crippen molar-refractivity contribution >= 4 is 16.6 Å². The van der Waals surface area contributed by atoms with Crippen LogP contribution in [0.3, 0.4) is 0 Å². The SMILES string of the molecule is CCNc1cc2cc(OCC)c(OCC)cc2c[nH+]1. The molecule has 4 nitrogen and oxygen atoms in total. The molecule has 0 amide bonds. The third-order valence-corrected chi connectivity index (χ3v) is 2.80. The summed E-state index contributed by atoms with van der Waals surface area (Å²) in [6.07, 6.45) is 1.98. The molecule has 2 aromatic rings. The van der Waals surface area contributed by atoms with Crippen LogP contribution < -0.4 is 19.8 Å². The molecular formula is C15H21N2O2+. The van der Waals surface area contributed by atoms with E-state index < -0.39 is 0 Å². The molecule has 0 saturated carbocycles. The molecule has 1 aromatic heterocycles. The third-order valence-electron chi connectivity index (χ3n) is 2.80. The molecule has 19 heavy (non-hydrogen) atoms. The Bertz CT molecular complexity index is 555. The zero-order chi connectivity index (χ0) is 13.7. The summed E-state index contributed by atoms with van der Waals surface area (Å²) in [6, 6.07) is 6.12. The summed E-state index contributed by atoms with van der Waals surface area (Å²) in [6.45, 7) is 8.16. The number of nitrogens with one attached hydrogen (secondary N) is 2. The van der Waals surface area contributed by atoms with E-state index in [1.165, 1.54) is 0 Å². The molecule has 1 heterocycles. The third kappa shape index (κ3) is 3.08. The lowest BCUT2D eigenvalue weighted by Gasteiger charge is -2.11. The van der Waals surface area contributed by atoms with Crippen LogP contribution in [0.15, 0.2) is 24.4 Å². The highest BCUT2D eigenvalue weighted by molar-refractivity contribution is 5.86. The van der Waals surface area contributed by atoms with Crippen LogP contribution in [0.4, 0.5) is 5.82 Å². The first kappa shape index (κ1) is 13.5. The lowest BCUT2D eigenvalue weighted by molar-refractivity contribution is -0.359. The maximum absolute atomic E-state index is 5.64. The van der Waals surface area contributed by atoms with Gasteiger partial charge in [-0.1, -0.05) is 0 Å². The summed E-state index contributed by atoms with van der Waals surface area (Å²) >= 11 is 0. The molecule has 2 N–H and O–H groups in total. The molecular weight excluding hydrogens is 240 g/mol. The summed E-state index contributed by atoms with van der Waals surface area (Å²) in [5.41, 5.74) is 0. The summed E-state index contributed by atoms with van der Waals surface area (Å²) in [7, 11) is 0. The second kappa shape index (κ2) is 6.27. The minimum atomic E-state index is 0.630. The quantitative estimate of drug-likeness (QED) is 0.869. The fourth-order valence-electron chi connectivity index (χ4n) is 2.02. The highest BCUT2D eigenvalue weighted by Crippen LogP contribution is 2.32. The van der Waals surface area contributed by atoms with Gasteiger partial charge in [-0.2, -0.15) is 0 Å². The standard InChI is InChI=1S/C15H20N2O2/c1-4-16-15-9-11-7-13(18-5-2)14(19-6-3)8-12(11)10-17-15/h7-10H,4-6H2,1-3H3,(H,16,17)/p+1. The van der Waals surface area contributed by atoms with Crippen molar-refractivity contribution in [3.8, 4) is 11.5 Å². The van der Waals surface area contributed by atoms with Crippen LogP contribution in [0.5, 0.6) is 11.5 Å². The van der Waals surface area contributed by atoms with Crippen LogP contribution in [0.25, 0.3) is 10.8 Å². The first-order valence-corrected chi connectivity index (χ1v) is 6.77. The minimum Gasteiger partial charge on any atom is -0.490 e. The van der Waals surface area contributed by atoms with E-state index in [2.05, 4.69) is 23.3 Å². The van der Waals surface area contributed by atoms with E-state index in [-0.39, 0.29) is 0 Å². The smallest absolute Gasteiger partial charge is 0.272 e. The maximum atomic E-state index is 5.64. The molecule has 0 aliphatic heterocycles. The van der Waals surface area contributed by atoms with E-state index in [0.29, 0.717) is 13.2 Å². The Morgan fingerprint density at radius 2 is 1.58 bits per heavy atom. The van der Waals surface area contributed by atoms with Gasteiger partial charge in [0, 0.05) is 11.5 Å². The van der Waals surface area contributed by atoms with Crippen molar-refractivity contribution in [3.63, 3.8) is 0 Å². The number of pyridine rings is 1. The van der Waals surface area contributed by atoms with Crippen LogP contribution in [0.1, 0.15) is 20.8 Å². The van der Waals surface area contributed by atoms with Crippen molar-refractivity contribution in [3.05, 3.63) is 24.4 Å². The minimum absolute atomic E-state index is 0.630. The van der Waals surface area contributed by atoms with E-state index >= 15 is 0 Å². The van der Waals surface area contributed by atoms with Crippen molar-refractivity contribution in [2.45, 2.75) is 20.8 Å². The second-order valence-corrected chi connectivity index (χ2v) is 4.17. The number of aromatic amines is 1. The Balaban J connectivity index is 2.46. The van der Waals surface area contributed by atoms with Crippen LogP contribution in [-0.2, 0) is 0 Å². The van der Waals surface area contributed by atoms with Gasteiger partial charge in [0.15, 0.2) is 11.5 Å². The zero-order valence-corrected chi connectivity index (χ0v) is 11.7. The van der Waals surface area contributed by atoms with E-state index in [1.54, 1.807) is 0 Å². The van der Waals surface area contributed by atoms with Gasteiger partial charge < -0.3 is 9.47 Å². The second-order valence-electron chi connectivity index (χ2n) is 4.17. The van der Waals surface area contributed by atoms with Gasteiger partial charge in [-0.15, -0.1) is 0 Å².